The van der Waals surface area contributed by atoms with Gasteiger partial charge in [0.15, 0.2) is 0 Å². The van der Waals surface area contributed by atoms with Crippen molar-refractivity contribution in [2.24, 2.45) is 0 Å². The molecule has 4 rings (SSSR count). The number of benzene rings is 1. The van der Waals surface area contributed by atoms with Crippen LogP contribution in [0.3, 0.4) is 0 Å². The van der Waals surface area contributed by atoms with E-state index in [9.17, 15) is 9.90 Å². The topological polar surface area (TPSA) is 71.0 Å². The quantitative estimate of drug-likeness (QED) is 0.762. The first kappa shape index (κ1) is 19.2. The third kappa shape index (κ3) is 4.16. The zero-order valence-electron chi connectivity index (χ0n) is 16.1. The zero-order valence-corrected chi connectivity index (χ0v) is 16.9. The van der Waals surface area contributed by atoms with E-state index in [4.69, 9.17) is 9.47 Å². The molecule has 2 aliphatic rings. The number of methoxy groups -OCH3 is 1. The summed E-state index contributed by atoms with van der Waals surface area (Å²) in [4.78, 5) is 15.4. The molecule has 28 heavy (non-hydrogen) atoms. The maximum absolute atomic E-state index is 11.9. The van der Waals surface area contributed by atoms with Gasteiger partial charge in [0.2, 0.25) is 0 Å². The average molecular weight is 403 g/mol. The van der Waals surface area contributed by atoms with Gasteiger partial charge in [-0.05, 0) is 48.9 Å². The van der Waals surface area contributed by atoms with Crippen LogP contribution in [0.2, 0.25) is 0 Å². The number of carboxylic acid groups (broad SMARTS) is 1. The summed E-state index contributed by atoms with van der Waals surface area (Å²) < 4.78 is 11.1. The van der Waals surface area contributed by atoms with Gasteiger partial charge in [-0.15, -0.1) is 11.3 Å². The number of fused-ring (bicyclic) bond motifs is 1. The highest BCUT2D eigenvalue weighted by Gasteiger charge is 2.29. The Bertz CT molecular complexity index is 845. The monoisotopic (exact) mass is 402 g/mol. The Morgan fingerprint density at radius 1 is 1.43 bits per heavy atom. The van der Waals surface area contributed by atoms with Crippen LogP contribution in [0.4, 0.5) is 5.00 Å². The molecule has 7 heteroatoms. The summed E-state index contributed by atoms with van der Waals surface area (Å²) in [5.41, 5.74) is 2.62. The number of carboxylic acids is 1. The maximum atomic E-state index is 11.9. The van der Waals surface area contributed by atoms with Crippen molar-refractivity contribution in [3.63, 3.8) is 0 Å². The number of anilines is 1. The number of hydrogen-bond donors (Lipinski definition) is 2. The Morgan fingerprint density at radius 2 is 2.32 bits per heavy atom. The first-order valence-corrected chi connectivity index (χ1v) is 10.6. The highest BCUT2D eigenvalue weighted by Crippen LogP contribution is 2.38. The highest BCUT2D eigenvalue weighted by atomic mass is 32.1. The second-order valence-electron chi connectivity index (χ2n) is 7.32. The smallest absolute Gasteiger partial charge is 0.338 e. The summed E-state index contributed by atoms with van der Waals surface area (Å²) in [6.07, 6.45) is 3.78. The summed E-state index contributed by atoms with van der Waals surface area (Å²) in [7, 11) is 1.68. The summed E-state index contributed by atoms with van der Waals surface area (Å²) in [6.45, 7) is 3.18. The molecule has 150 valence electrons. The molecule has 0 aliphatic carbocycles. The molecule has 1 atom stereocenters. The predicted molar refractivity (Wildman–Crippen MR) is 109 cm³/mol. The molecule has 6 nitrogen and oxygen atoms in total. The number of nitrogens with one attached hydrogen (secondary N) is 1. The van der Waals surface area contributed by atoms with Crippen LogP contribution in [0.15, 0.2) is 24.3 Å². The van der Waals surface area contributed by atoms with Gasteiger partial charge >= 0.3 is 5.97 Å². The number of thiophene rings is 1. The number of hydrogen-bond acceptors (Lipinski definition) is 6. The Labute approximate surface area is 169 Å². The molecule has 0 spiro atoms. The van der Waals surface area contributed by atoms with Gasteiger partial charge in [-0.1, -0.05) is 12.1 Å². The van der Waals surface area contributed by atoms with Crippen LogP contribution in [0.5, 0.6) is 5.75 Å². The standard InChI is InChI=1S/C21H26N2O4S/c1-26-15-6-4-5-14(11-15)12-23-9-8-16-17(13-23)28-20(19(16)21(24)25)22-18-7-2-3-10-27-18/h4-6,11,18,22H,2-3,7-10,12-13H2,1H3,(H,24,25). The lowest BCUT2D eigenvalue weighted by Gasteiger charge is -2.27. The molecule has 1 saturated heterocycles. The van der Waals surface area contributed by atoms with Crippen molar-refractivity contribution in [2.75, 3.05) is 25.6 Å². The van der Waals surface area contributed by atoms with E-state index in [1.807, 2.05) is 12.1 Å². The van der Waals surface area contributed by atoms with E-state index >= 15 is 0 Å². The SMILES string of the molecule is COc1cccc(CN2CCc3c(sc(NC4CCCCO4)c3C(=O)O)C2)c1. The largest absolute Gasteiger partial charge is 0.497 e. The van der Waals surface area contributed by atoms with Crippen molar-refractivity contribution in [1.82, 2.24) is 4.90 Å². The second kappa shape index (κ2) is 8.51. The van der Waals surface area contributed by atoms with E-state index < -0.39 is 5.97 Å². The molecule has 2 aromatic rings. The van der Waals surface area contributed by atoms with Gasteiger partial charge in [0.05, 0.1) is 12.7 Å². The average Bonchev–Trinajstić information content (AvgIpc) is 3.06. The predicted octanol–water partition coefficient (Wildman–Crippen LogP) is 3.95. The van der Waals surface area contributed by atoms with Crippen LogP contribution in [-0.2, 0) is 24.2 Å². The van der Waals surface area contributed by atoms with Crippen molar-refractivity contribution in [2.45, 2.75) is 45.0 Å². The molecular weight excluding hydrogens is 376 g/mol. The Morgan fingerprint density at radius 3 is 3.07 bits per heavy atom. The fourth-order valence-corrected chi connectivity index (χ4v) is 5.27. The third-order valence-electron chi connectivity index (χ3n) is 5.36. The van der Waals surface area contributed by atoms with E-state index in [0.29, 0.717) is 5.56 Å². The zero-order chi connectivity index (χ0) is 19.5. The molecule has 1 aromatic heterocycles. The normalized spacial score (nSPS) is 19.8. The summed E-state index contributed by atoms with van der Waals surface area (Å²) in [6, 6.07) is 8.10. The lowest BCUT2D eigenvalue weighted by Crippen LogP contribution is -2.30. The minimum absolute atomic E-state index is 0.0835. The lowest BCUT2D eigenvalue weighted by molar-refractivity contribution is 0.0344. The molecular formula is C21H26N2O4S. The van der Waals surface area contributed by atoms with Crippen LogP contribution in [-0.4, -0.2) is 42.5 Å². The molecule has 0 bridgehead atoms. The molecule has 2 aliphatic heterocycles. The minimum atomic E-state index is -0.850. The van der Waals surface area contributed by atoms with E-state index in [1.54, 1.807) is 18.4 Å². The number of aromatic carboxylic acids is 1. The summed E-state index contributed by atoms with van der Waals surface area (Å²) >= 11 is 1.57. The summed E-state index contributed by atoms with van der Waals surface area (Å²) in [5, 5.41) is 13.9. The fourth-order valence-electron chi connectivity index (χ4n) is 3.95. The number of ether oxygens (including phenoxy) is 2. The van der Waals surface area contributed by atoms with Gasteiger partial charge in [0, 0.05) is 31.1 Å². The molecule has 1 unspecified atom stereocenters. The number of carbonyl (C=O) groups is 1. The van der Waals surface area contributed by atoms with Crippen LogP contribution < -0.4 is 10.1 Å². The molecule has 3 heterocycles. The van der Waals surface area contributed by atoms with Crippen molar-refractivity contribution >= 4 is 22.3 Å². The van der Waals surface area contributed by atoms with Gasteiger partial charge < -0.3 is 19.9 Å². The minimum Gasteiger partial charge on any atom is -0.497 e. The van der Waals surface area contributed by atoms with E-state index in [0.717, 1.165) is 73.1 Å². The molecule has 0 saturated carbocycles. The van der Waals surface area contributed by atoms with Crippen LogP contribution in [0.25, 0.3) is 0 Å². The van der Waals surface area contributed by atoms with Crippen LogP contribution in [0, 0.1) is 0 Å². The Balaban J connectivity index is 1.51. The van der Waals surface area contributed by atoms with Gasteiger partial charge in [0.25, 0.3) is 0 Å². The van der Waals surface area contributed by atoms with Crippen LogP contribution in [0.1, 0.15) is 45.6 Å². The fraction of sp³-hybridized carbons (Fsp3) is 0.476. The van der Waals surface area contributed by atoms with E-state index in [1.165, 1.54) is 5.56 Å². The van der Waals surface area contributed by atoms with Gasteiger partial charge in [-0.3, -0.25) is 4.90 Å². The van der Waals surface area contributed by atoms with Gasteiger partial charge in [-0.2, -0.15) is 0 Å². The van der Waals surface area contributed by atoms with E-state index in [-0.39, 0.29) is 6.23 Å². The first-order valence-electron chi connectivity index (χ1n) is 9.75. The maximum Gasteiger partial charge on any atom is 0.338 e. The number of rotatable bonds is 6. The second-order valence-corrected chi connectivity index (χ2v) is 8.43. The van der Waals surface area contributed by atoms with Gasteiger partial charge in [-0.25, -0.2) is 4.79 Å². The Hall–Kier alpha value is -2.09. The third-order valence-corrected chi connectivity index (χ3v) is 6.51. The lowest BCUT2D eigenvalue weighted by atomic mass is 10.0. The molecule has 0 radical (unpaired) electrons. The highest BCUT2D eigenvalue weighted by molar-refractivity contribution is 7.16. The summed E-state index contributed by atoms with van der Waals surface area (Å²) in [5.74, 6) is 0.00973. The number of nitrogens with zero attached hydrogens (tertiary/aromatic N) is 1. The molecule has 1 aromatic carbocycles. The molecule has 1 fully saturated rings. The van der Waals surface area contributed by atoms with Gasteiger partial charge in [0.1, 0.15) is 17.0 Å². The van der Waals surface area contributed by atoms with Crippen LogP contribution >= 0.6 is 11.3 Å². The van der Waals surface area contributed by atoms with E-state index in [2.05, 4.69) is 22.3 Å². The van der Waals surface area contributed by atoms with Crippen molar-refractivity contribution < 1.29 is 19.4 Å². The Kier molecular flexibility index (Phi) is 5.85. The molecule has 0 amide bonds. The van der Waals surface area contributed by atoms with Crippen molar-refractivity contribution in [3.05, 3.63) is 45.8 Å². The van der Waals surface area contributed by atoms with Crippen molar-refractivity contribution in [3.8, 4) is 5.75 Å². The molecule has 2 N–H and O–H groups in total. The van der Waals surface area contributed by atoms with Crippen molar-refractivity contribution in [1.29, 1.82) is 0 Å². The first-order chi connectivity index (χ1) is 13.6.